The second-order valence-electron chi connectivity index (χ2n) is 8.77. The summed E-state index contributed by atoms with van der Waals surface area (Å²) in [6.07, 6.45) is 25.0. The van der Waals surface area contributed by atoms with Crippen molar-refractivity contribution < 1.29 is 13.3 Å². The lowest BCUT2D eigenvalue weighted by atomic mass is 10.1. The van der Waals surface area contributed by atoms with Crippen LogP contribution in [0.15, 0.2) is 12.2 Å². The molecule has 32 heavy (non-hydrogen) atoms. The molecule has 192 valence electrons. The van der Waals surface area contributed by atoms with E-state index in [2.05, 4.69) is 24.4 Å². The highest BCUT2D eigenvalue weighted by atomic mass is 28.4. The maximum Gasteiger partial charge on any atom is 0.500 e. The summed E-state index contributed by atoms with van der Waals surface area (Å²) in [6, 6.07) is 0.906. The molecule has 0 aliphatic heterocycles. The zero-order valence-corrected chi connectivity index (χ0v) is 23.2. The minimum atomic E-state index is -2.45. The fourth-order valence-electron chi connectivity index (χ4n) is 4.05. The number of hydrogen-bond acceptors (Lipinski definition) is 4. The monoisotopic (exact) mass is 471 g/mol. The second kappa shape index (κ2) is 25.4. The van der Waals surface area contributed by atoms with Gasteiger partial charge in [-0.25, -0.2) is 0 Å². The average molecular weight is 472 g/mol. The van der Waals surface area contributed by atoms with Crippen molar-refractivity contribution in [3.05, 3.63) is 12.2 Å². The van der Waals surface area contributed by atoms with Crippen LogP contribution in [0.4, 0.5) is 0 Å². The summed E-state index contributed by atoms with van der Waals surface area (Å²) in [5.41, 5.74) is 0. The second-order valence-corrected chi connectivity index (χ2v) is 11.5. The Kier molecular flexibility index (Phi) is 25.3. The molecule has 0 spiro atoms. The van der Waals surface area contributed by atoms with E-state index in [4.69, 9.17) is 13.3 Å². The molecule has 4 nitrogen and oxygen atoms in total. The largest absolute Gasteiger partial charge is 0.500 e. The Morgan fingerprint density at radius 1 is 0.531 bits per heavy atom. The van der Waals surface area contributed by atoms with Crippen molar-refractivity contribution in [3.8, 4) is 0 Å². The van der Waals surface area contributed by atoms with Crippen LogP contribution in [0.3, 0.4) is 0 Å². The highest BCUT2D eigenvalue weighted by Crippen LogP contribution is 2.18. The molecule has 0 bridgehead atoms. The molecule has 0 fully saturated rings. The van der Waals surface area contributed by atoms with E-state index in [1.54, 1.807) is 0 Å². The number of unbranched alkanes of at least 4 members (excludes halogenated alkanes) is 12. The molecule has 0 aliphatic rings. The van der Waals surface area contributed by atoms with Crippen molar-refractivity contribution in [1.82, 2.24) is 5.32 Å². The van der Waals surface area contributed by atoms with E-state index in [-0.39, 0.29) is 0 Å². The summed E-state index contributed by atoms with van der Waals surface area (Å²) in [5.74, 6) is 0. The lowest BCUT2D eigenvalue weighted by Gasteiger charge is -2.28. The van der Waals surface area contributed by atoms with Gasteiger partial charge in [-0.1, -0.05) is 76.9 Å². The van der Waals surface area contributed by atoms with Crippen LogP contribution in [0, 0.1) is 0 Å². The molecule has 0 aromatic carbocycles. The molecule has 0 unspecified atom stereocenters. The summed E-state index contributed by atoms with van der Waals surface area (Å²) in [4.78, 5) is 0. The third kappa shape index (κ3) is 20.4. The van der Waals surface area contributed by atoms with E-state index in [9.17, 15) is 0 Å². The Morgan fingerprint density at radius 2 is 0.969 bits per heavy atom. The van der Waals surface area contributed by atoms with E-state index < -0.39 is 8.80 Å². The Labute approximate surface area is 202 Å². The predicted octanol–water partition coefficient (Wildman–Crippen LogP) is 8.05. The Hall–Kier alpha value is -0.203. The van der Waals surface area contributed by atoms with Gasteiger partial charge < -0.3 is 18.6 Å². The van der Waals surface area contributed by atoms with Crippen molar-refractivity contribution >= 4 is 8.80 Å². The number of rotatable bonds is 26. The zero-order valence-electron chi connectivity index (χ0n) is 22.2. The van der Waals surface area contributed by atoms with Gasteiger partial charge in [0.15, 0.2) is 0 Å². The van der Waals surface area contributed by atoms with Gasteiger partial charge in [-0.3, -0.25) is 0 Å². The van der Waals surface area contributed by atoms with Crippen LogP contribution in [0.2, 0.25) is 6.04 Å². The number of allylic oxidation sites excluding steroid dienone is 2. The van der Waals surface area contributed by atoms with E-state index in [0.717, 1.165) is 25.6 Å². The highest BCUT2D eigenvalue weighted by Gasteiger charge is 2.39. The van der Waals surface area contributed by atoms with Crippen molar-refractivity contribution in [2.45, 2.75) is 130 Å². The number of hydrogen-bond donors (Lipinski definition) is 1. The predicted molar refractivity (Wildman–Crippen MR) is 142 cm³/mol. The van der Waals surface area contributed by atoms with Gasteiger partial charge in [-0.2, -0.15) is 0 Å². The first-order chi connectivity index (χ1) is 15.7. The standard InChI is InChI=1S/C27H57NO3Si/c1-5-9-10-11-12-13-14-15-16-17-18-19-20-21-22-23-25-28-26-24-27-32(29-6-2,30-7-3)31-8-4/h15-16,28H,5-14,17-27H2,1-4H3/b16-15-. The first-order valence-corrected chi connectivity index (χ1v) is 15.9. The Balaban J connectivity index is 3.44. The fourth-order valence-corrected chi connectivity index (χ4v) is 6.67. The fraction of sp³-hybridized carbons (Fsp3) is 0.926. The van der Waals surface area contributed by atoms with Crippen molar-refractivity contribution in [2.75, 3.05) is 32.9 Å². The third-order valence-corrected chi connectivity index (χ3v) is 8.95. The molecule has 5 heteroatoms. The van der Waals surface area contributed by atoms with E-state index in [0.29, 0.717) is 19.8 Å². The smallest absolute Gasteiger partial charge is 0.374 e. The van der Waals surface area contributed by atoms with Crippen molar-refractivity contribution in [1.29, 1.82) is 0 Å². The van der Waals surface area contributed by atoms with Gasteiger partial charge in [0.1, 0.15) is 0 Å². The summed E-state index contributed by atoms with van der Waals surface area (Å²) < 4.78 is 17.7. The van der Waals surface area contributed by atoms with Crippen LogP contribution < -0.4 is 5.32 Å². The van der Waals surface area contributed by atoms with Crippen molar-refractivity contribution in [3.63, 3.8) is 0 Å². The van der Waals surface area contributed by atoms with Gasteiger partial charge in [0.05, 0.1) is 0 Å². The average Bonchev–Trinajstić information content (AvgIpc) is 2.78. The summed E-state index contributed by atoms with van der Waals surface area (Å²) in [5, 5.41) is 3.58. The van der Waals surface area contributed by atoms with Gasteiger partial charge in [-0.15, -0.1) is 0 Å². The quantitative estimate of drug-likeness (QED) is 0.0786. The molecule has 0 aliphatic carbocycles. The Morgan fingerprint density at radius 3 is 1.47 bits per heavy atom. The van der Waals surface area contributed by atoms with Crippen LogP contribution in [-0.2, 0) is 13.3 Å². The number of nitrogens with one attached hydrogen (secondary N) is 1. The molecule has 0 aromatic heterocycles. The molecule has 0 rings (SSSR count). The van der Waals surface area contributed by atoms with Crippen LogP contribution >= 0.6 is 0 Å². The van der Waals surface area contributed by atoms with Gasteiger partial charge in [0.25, 0.3) is 0 Å². The minimum Gasteiger partial charge on any atom is -0.374 e. The molecule has 0 radical (unpaired) electrons. The van der Waals surface area contributed by atoms with Gasteiger partial charge in [0, 0.05) is 25.9 Å². The van der Waals surface area contributed by atoms with Crippen LogP contribution in [-0.4, -0.2) is 41.7 Å². The SMILES string of the molecule is CCCCCCCC/C=C\CCCCCCCCNCCC[Si](OCC)(OCC)OCC. The van der Waals surface area contributed by atoms with Crippen molar-refractivity contribution in [2.24, 2.45) is 0 Å². The molecular weight excluding hydrogens is 414 g/mol. The third-order valence-electron chi connectivity index (χ3n) is 5.79. The van der Waals surface area contributed by atoms with E-state index in [1.807, 2.05) is 20.8 Å². The van der Waals surface area contributed by atoms with E-state index >= 15 is 0 Å². The minimum absolute atomic E-state index is 0.662. The normalized spacial score (nSPS) is 12.2. The maximum atomic E-state index is 5.91. The molecule has 0 heterocycles. The molecule has 0 atom stereocenters. The first-order valence-electron chi connectivity index (χ1n) is 14.0. The van der Waals surface area contributed by atoms with Gasteiger partial charge in [-0.05, 0) is 72.4 Å². The van der Waals surface area contributed by atoms with Gasteiger partial charge in [0.2, 0.25) is 0 Å². The van der Waals surface area contributed by atoms with E-state index in [1.165, 1.54) is 89.9 Å². The van der Waals surface area contributed by atoms with Crippen LogP contribution in [0.5, 0.6) is 0 Å². The lowest BCUT2D eigenvalue weighted by molar-refractivity contribution is 0.0708. The highest BCUT2D eigenvalue weighted by molar-refractivity contribution is 6.60. The molecule has 0 saturated carbocycles. The lowest BCUT2D eigenvalue weighted by Crippen LogP contribution is -2.46. The first kappa shape index (κ1) is 31.8. The molecule has 1 N–H and O–H groups in total. The Bertz CT molecular complexity index is 376. The summed E-state index contributed by atoms with van der Waals surface area (Å²) in [7, 11) is -2.45. The molecule has 0 amide bonds. The van der Waals surface area contributed by atoms with Crippen LogP contribution in [0.1, 0.15) is 124 Å². The maximum absolute atomic E-state index is 5.91. The van der Waals surface area contributed by atoms with Gasteiger partial charge >= 0.3 is 8.80 Å². The molecule has 0 saturated heterocycles. The summed E-state index contributed by atoms with van der Waals surface area (Å²) in [6.45, 7) is 12.5. The topological polar surface area (TPSA) is 39.7 Å². The van der Waals surface area contributed by atoms with Crippen LogP contribution in [0.25, 0.3) is 0 Å². The molecular formula is C27H57NO3Si. The summed E-state index contributed by atoms with van der Waals surface area (Å²) >= 11 is 0. The molecule has 0 aromatic rings. The zero-order chi connectivity index (χ0) is 23.6.